The molecule has 0 bridgehead atoms. The van der Waals surface area contributed by atoms with Crippen molar-refractivity contribution in [1.29, 1.82) is 0 Å². The molecule has 0 radical (unpaired) electrons. The number of aromatic hydroxyl groups is 1. The number of nitrogens with zero attached hydrogens (tertiary/aromatic N) is 1. The van der Waals surface area contributed by atoms with Crippen molar-refractivity contribution in [3.63, 3.8) is 0 Å². The third-order valence-corrected chi connectivity index (χ3v) is 5.54. The zero-order valence-corrected chi connectivity index (χ0v) is 17.3. The van der Waals surface area contributed by atoms with Crippen LogP contribution in [0, 0.1) is 12.8 Å². The number of benzene rings is 2. The maximum absolute atomic E-state index is 13.1. The number of carbonyl (C=O) groups excluding carboxylic acids is 2. The number of urea groups is 1. The van der Waals surface area contributed by atoms with E-state index < -0.39 is 0 Å². The number of rotatable bonds is 7. The Kier molecular flexibility index (Phi) is 5.53. The molecule has 0 spiro atoms. The molecule has 2 fully saturated rings. The lowest BCUT2D eigenvalue weighted by molar-refractivity contribution is -0.117. The standard InChI is InChI=1S/C23H27N3O4/c1-14-3-7-17(24-22(28)16-5-6-16)12-19(14)25-23(29)26(18-8-9-18)13-15-4-10-20(27)21(11-15)30-2/h3-4,7,10-12,16,18,27H,5-6,8-9,13H2,1-2H3,(H,24,28)(H,25,29). The number of hydrogen-bond acceptors (Lipinski definition) is 4. The molecule has 0 unspecified atom stereocenters. The van der Waals surface area contributed by atoms with Crippen molar-refractivity contribution in [2.24, 2.45) is 5.92 Å². The summed E-state index contributed by atoms with van der Waals surface area (Å²) in [5.41, 5.74) is 3.18. The summed E-state index contributed by atoms with van der Waals surface area (Å²) in [6, 6.07) is 10.7. The first-order valence-electron chi connectivity index (χ1n) is 10.3. The largest absolute Gasteiger partial charge is 0.504 e. The number of ether oxygens (including phenoxy) is 1. The first-order chi connectivity index (χ1) is 14.4. The van der Waals surface area contributed by atoms with E-state index in [1.807, 2.05) is 25.1 Å². The molecule has 3 amide bonds. The fourth-order valence-electron chi connectivity index (χ4n) is 3.38. The number of amides is 3. The Morgan fingerprint density at radius 1 is 1.10 bits per heavy atom. The second kappa shape index (κ2) is 8.26. The summed E-state index contributed by atoms with van der Waals surface area (Å²) >= 11 is 0. The van der Waals surface area contributed by atoms with Crippen molar-refractivity contribution >= 4 is 23.3 Å². The summed E-state index contributed by atoms with van der Waals surface area (Å²) in [6.07, 6.45) is 3.83. The van der Waals surface area contributed by atoms with Gasteiger partial charge in [-0.25, -0.2) is 4.79 Å². The van der Waals surface area contributed by atoms with Crippen LogP contribution in [0.5, 0.6) is 11.5 Å². The van der Waals surface area contributed by atoms with E-state index >= 15 is 0 Å². The summed E-state index contributed by atoms with van der Waals surface area (Å²) in [4.78, 5) is 26.9. The Morgan fingerprint density at radius 2 is 1.87 bits per heavy atom. The molecule has 0 atom stereocenters. The number of methoxy groups -OCH3 is 1. The van der Waals surface area contributed by atoms with Gasteiger partial charge in [0, 0.05) is 29.9 Å². The Hall–Kier alpha value is -3.22. The van der Waals surface area contributed by atoms with Crippen LogP contribution in [0.2, 0.25) is 0 Å². The highest BCUT2D eigenvalue weighted by molar-refractivity contribution is 5.96. The van der Waals surface area contributed by atoms with E-state index in [9.17, 15) is 14.7 Å². The van der Waals surface area contributed by atoms with E-state index in [2.05, 4.69) is 10.6 Å². The highest BCUT2D eigenvalue weighted by atomic mass is 16.5. The fourth-order valence-corrected chi connectivity index (χ4v) is 3.38. The third kappa shape index (κ3) is 4.67. The summed E-state index contributed by atoms with van der Waals surface area (Å²) in [5.74, 6) is 0.622. The molecule has 3 N–H and O–H groups in total. The predicted molar refractivity (Wildman–Crippen MR) is 115 cm³/mol. The van der Waals surface area contributed by atoms with E-state index in [4.69, 9.17) is 4.74 Å². The molecule has 2 aromatic carbocycles. The number of phenols is 1. The smallest absolute Gasteiger partial charge is 0.322 e. The molecule has 0 heterocycles. The molecule has 2 aliphatic rings. The van der Waals surface area contributed by atoms with Crippen molar-refractivity contribution in [1.82, 2.24) is 4.90 Å². The van der Waals surface area contributed by atoms with Gasteiger partial charge in [0.05, 0.1) is 7.11 Å². The molecular weight excluding hydrogens is 382 g/mol. The molecule has 2 aromatic rings. The lowest BCUT2D eigenvalue weighted by Gasteiger charge is -2.24. The van der Waals surface area contributed by atoms with Crippen molar-refractivity contribution in [2.75, 3.05) is 17.7 Å². The summed E-state index contributed by atoms with van der Waals surface area (Å²) < 4.78 is 5.18. The molecule has 7 nitrogen and oxygen atoms in total. The molecular formula is C23H27N3O4. The molecule has 30 heavy (non-hydrogen) atoms. The summed E-state index contributed by atoms with van der Waals surface area (Å²) in [5, 5.41) is 15.7. The van der Waals surface area contributed by atoms with E-state index in [0.717, 1.165) is 36.8 Å². The number of carbonyl (C=O) groups is 2. The van der Waals surface area contributed by atoms with Gasteiger partial charge in [-0.1, -0.05) is 12.1 Å². The predicted octanol–water partition coefficient (Wildman–Crippen LogP) is 4.25. The van der Waals surface area contributed by atoms with Gasteiger partial charge >= 0.3 is 6.03 Å². The van der Waals surface area contributed by atoms with Crippen LogP contribution < -0.4 is 15.4 Å². The quantitative estimate of drug-likeness (QED) is 0.637. The van der Waals surface area contributed by atoms with Crippen molar-refractivity contribution < 1.29 is 19.4 Å². The van der Waals surface area contributed by atoms with E-state index in [-0.39, 0.29) is 29.6 Å². The van der Waals surface area contributed by atoms with Gasteiger partial charge < -0.3 is 25.4 Å². The van der Waals surface area contributed by atoms with Crippen molar-refractivity contribution in [3.8, 4) is 11.5 Å². The van der Waals surface area contributed by atoms with Crippen molar-refractivity contribution in [3.05, 3.63) is 47.5 Å². The second-order valence-electron chi connectivity index (χ2n) is 8.09. The minimum absolute atomic E-state index is 0.0389. The maximum atomic E-state index is 13.1. The minimum atomic E-state index is -0.182. The Labute approximate surface area is 176 Å². The molecule has 0 saturated heterocycles. The number of nitrogens with one attached hydrogen (secondary N) is 2. The first-order valence-corrected chi connectivity index (χ1v) is 10.3. The Bertz CT molecular complexity index is 967. The average Bonchev–Trinajstić information content (AvgIpc) is 3.62. The number of anilines is 2. The van der Waals surface area contributed by atoms with Gasteiger partial charge in [-0.2, -0.15) is 0 Å². The van der Waals surface area contributed by atoms with Gasteiger partial charge in [-0.05, 0) is 68.0 Å². The van der Waals surface area contributed by atoms with Crippen LogP contribution in [-0.2, 0) is 11.3 Å². The SMILES string of the molecule is COc1cc(CN(C(=O)Nc2cc(NC(=O)C3CC3)ccc2C)C2CC2)ccc1O. The monoisotopic (exact) mass is 409 g/mol. The molecule has 7 heteroatoms. The van der Waals surface area contributed by atoms with E-state index in [1.165, 1.54) is 7.11 Å². The second-order valence-corrected chi connectivity index (χ2v) is 8.09. The van der Waals surface area contributed by atoms with Crippen LogP contribution >= 0.6 is 0 Å². The van der Waals surface area contributed by atoms with Gasteiger partial charge in [-0.3, -0.25) is 4.79 Å². The van der Waals surface area contributed by atoms with E-state index in [0.29, 0.717) is 23.7 Å². The zero-order chi connectivity index (χ0) is 21.3. The Balaban J connectivity index is 1.47. The number of phenolic OH excluding ortho intramolecular Hbond substituents is 1. The van der Waals surface area contributed by atoms with Crippen LogP contribution in [0.25, 0.3) is 0 Å². The third-order valence-electron chi connectivity index (χ3n) is 5.54. The van der Waals surface area contributed by atoms with Crippen LogP contribution in [0.15, 0.2) is 36.4 Å². The lowest BCUT2D eigenvalue weighted by atomic mass is 10.1. The first kappa shape index (κ1) is 20.1. The van der Waals surface area contributed by atoms with Crippen LogP contribution in [0.4, 0.5) is 16.2 Å². The van der Waals surface area contributed by atoms with Gasteiger partial charge in [0.2, 0.25) is 5.91 Å². The fraction of sp³-hybridized carbons (Fsp3) is 0.391. The highest BCUT2D eigenvalue weighted by Crippen LogP contribution is 2.33. The van der Waals surface area contributed by atoms with E-state index in [1.54, 1.807) is 23.1 Å². The Morgan fingerprint density at radius 3 is 2.53 bits per heavy atom. The minimum Gasteiger partial charge on any atom is -0.504 e. The van der Waals surface area contributed by atoms with Gasteiger partial charge in [0.15, 0.2) is 11.5 Å². The molecule has 158 valence electrons. The topological polar surface area (TPSA) is 90.9 Å². The normalized spacial score (nSPS) is 15.4. The average molecular weight is 409 g/mol. The number of hydrogen-bond donors (Lipinski definition) is 3. The molecule has 0 aliphatic heterocycles. The summed E-state index contributed by atoms with van der Waals surface area (Å²) in [6.45, 7) is 2.35. The van der Waals surface area contributed by atoms with Gasteiger partial charge in [-0.15, -0.1) is 0 Å². The van der Waals surface area contributed by atoms with Crippen molar-refractivity contribution in [2.45, 2.75) is 45.2 Å². The molecule has 0 aromatic heterocycles. The summed E-state index contributed by atoms with van der Waals surface area (Å²) in [7, 11) is 1.50. The maximum Gasteiger partial charge on any atom is 0.322 e. The van der Waals surface area contributed by atoms with Gasteiger partial charge in [0.25, 0.3) is 0 Å². The van der Waals surface area contributed by atoms with Crippen LogP contribution in [0.3, 0.4) is 0 Å². The highest BCUT2D eigenvalue weighted by Gasteiger charge is 2.33. The molecule has 4 rings (SSSR count). The van der Waals surface area contributed by atoms with Gasteiger partial charge in [0.1, 0.15) is 0 Å². The molecule has 2 aliphatic carbocycles. The zero-order valence-electron chi connectivity index (χ0n) is 17.3. The number of aryl methyl sites for hydroxylation is 1. The molecule has 2 saturated carbocycles. The van der Waals surface area contributed by atoms with Crippen LogP contribution in [-0.4, -0.2) is 35.1 Å². The van der Waals surface area contributed by atoms with Crippen LogP contribution in [0.1, 0.15) is 36.8 Å². The lowest BCUT2D eigenvalue weighted by Crippen LogP contribution is -2.36.